The third-order valence-electron chi connectivity index (χ3n) is 5.75. The second kappa shape index (κ2) is 10.7. The van der Waals surface area contributed by atoms with Crippen LogP contribution >= 0.6 is 22.9 Å². The first-order valence-electron chi connectivity index (χ1n) is 11.5. The lowest BCUT2D eigenvalue weighted by atomic mass is 10.0. The van der Waals surface area contributed by atoms with E-state index in [1.54, 1.807) is 19.1 Å². The highest BCUT2D eigenvalue weighted by molar-refractivity contribution is 7.16. The lowest BCUT2D eigenvalue weighted by molar-refractivity contribution is -0.276. The molecule has 1 N–H and O–H groups in total. The molecule has 0 aromatic carbocycles. The summed E-state index contributed by atoms with van der Waals surface area (Å²) in [5, 5.41) is 3.31. The van der Waals surface area contributed by atoms with Gasteiger partial charge in [-0.2, -0.15) is 0 Å². The molecule has 0 saturated carbocycles. The van der Waals surface area contributed by atoms with Gasteiger partial charge in [-0.05, 0) is 25.1 Å². The second-order valence-corrected chi connectivity index (χ2v) is 9.96. The van der Waals surface area contributed by atoms with Crippen molar-refractivity contribution in [1.82, 2.24) is 24.8 Å². The van der Waals surface area contributed by atoms with Gasteiger partial charge in [0.2, 0.25) is 5.88 Å². The molecule has 15 heteroatoms. The van der Waals surface area contributed by atoms with Crippen LogP contribution in [-0.4, -0.2) is 50.1 Å². The van der Waals surface area contributed by atoms with Crippen LogP contribution in [0.15, 0.2) is 42.7 Å². The number of anilines is 1. The number of rotatable bonds is 6. The highest BCUT2D eigenvalue weighted by Crippen LogP contribution is 2.36. The van der Waals surface area contributed by atoms with Crippen LogP contribution in [0.25, 0.3) is 11.1 Å². The van der Waals surface area contributed by atoms with Gasteiger partial charge < -0.3 is 14.4 Å². The van der Waals surface area contributed by atoms with Crippen molar-refractivity contribution in [1.29, 1.82) is 0 Å². The summed E-state index contributed by atoms with van der Waals surface area (Å²) in [5.41, 5.74) is 2.39. The van der Waals surface area contributed by atoms with E-state index >= 15 is 0 Å². The average Bonchev–Trinajstić information content (AvgIpc) is 3.46. The fourth-order valence-electron chi connectivity index (χ4n) is 4.03. The lowest BCUT2D eigenvalue weighted by Crippen LogP contribution is -2.27. The quantitative estimate of drug-likeness (QED) is 0.302. The Morgan fingerprint density at radius 2 is 1.90 bits per heavy atom. The Morgan fingerprint density at radius 3 is 2.62 bits per heavy atom. The maximum absolute atomic E-state index is 13.3. The van der Waals surface area contributed by atoms with E-state index in [2.05, 4.69) is 30.0 Å². The number of carbonyl (C=O) groups is 2. The zero-order valence-electron chi connectivity index (χ0n) is 20.7. The highest BCUT2D eigenvalue weighted by Gasteiger charge is 2.33. The molecule has 0 atom stereocenters. The number of amides is 2. The van der Waals surface area contributed by atoms with Crippen LogP contribution in [0.2, 0.25) is 5.15 Å². The van der Waals surface area contributed by atoms with E-state index in [0.29, 0.717) is 33.4 Å². The zero-order valence-corrected chi connectivity index (χ0v) is 22.3. The number of ether oxygens (including phenoxy) is 2. The topological polar surface area (TPSA) is 119 Å². The molecule has 1 aliphatic heterocycles. The first kappa shape index (κ1) is 27.3. The molecule has 4 aromatic rings. The fraction of sp³-hybridized carbons (Fsp3) is 0.200. The second-order valence-electron chi connectivity index (χ2n) is 8.49. The number of methoxy groups -OCH3 is 1. The Bertz CT molecular complexity index is 1610. The number of hydrogen-bond donors (Lipinski definition) is 1. The monoisotopic (exact) mass is 590 g/mol. The molecule has 0 spiro atoms. The fourth-order valence-corrected chi connectivity index (χ4v) is 5.17. The molecule has 0 aliphatic carbocycles. The van der Waals surface area contributed by atoms with Crippen LogP contribution in [0.4, 0.5) is 18.3 Å². The maximum atomic E-state index is 13.3. The molecular weight excluding hydrogens is 573 g/mol. The maximum Gasteiger partial charge on any atom is 0.574 e. The third-order valence-corrected chi connectivity index (χ3v) is 6.96. The number of halogens is 4. The molecule has 2 amide bonds. The van der Waals surface area contributed by atoms with E-state index in [4.69, 9.17) is 16.3 Å². The van der Waals surface area contributed by atoms with Crippen molar-refractivity contribution >= 4 is 39.9 Å². The van der Waals surface area contributed by atoms with E-state index in [-0.39, 0.29) is 29.5 Å². The van der Waals surface area contributed by atoms with Gasteiger partial charge in [0.15, 0.2) is 5.13 Å². The molecule has 206 valence electrons. The van der Waals surface area contributed by atoms with Gasteiger partial charge >= 0.3 is 6.36 Å². The molecule has 5 rings (SSSR count). The summed E-state index contributed by atoms with van der Waals surface area (Å²) >= 11 is 7.28. The number of nitrogens with zero attached hydrogens (tertiary/aromatic N) is 5. The summed E-state index contributed by atoms with van der Waals surface area (Å²) in [6.45, 7) is 2.03. The van der Waals surface area contributed by atoms with E-state index in [1.165, 1.54) is 47.9 Å². The highest BCUT2D eigenvalue weighted by atomic mass is 35.5. The number of thiazole rings is 1. The summed E-state index contributed by atoms with van der Waals surface area (Å²) < 4.78 is 46.7. The minimum atomic E-state index is -4.93. The van der Waals surface area contributed by atoms with Crippen molar-refractivity contribution in [2.45, 2.75) is 26.4 Å². The number of carbonyl (C=O) groups excluding carboxylic acids is 2. The van der Waals surface area contributed by atoms with E-state index in [9.17, 15) is 22.8 Å². The molecule has 5 heterocycles. The molecule has 0 bridgehead atoms. The van der Waals surface area contributed by atoms with Crippen LogP contribution < -0.4 is 14.8 Å². The van der Waals surface area contributed by atoms with Crippen molar-refractivity contribution in [3.8, 4) is 22.8 Å². The summed E-state index contributed by atoms with van der Waals surface area (Å²) in [4.78, 5) is 44.6. The molecule has 10 nitrogen and oxygen atoms in total. The number of pyridine rings is 3. The van der Waals surface area contributed by atoms with Crippen LogP contribution in [-0.2, 0) is 13.1 Å². The minimum Gasteiger partial charge on any atom is -0.494 e. The molecular formula is C25H18ClF3N6O4S. The standard InChI is InChI=1S/C25H18ClF3N6O4S/c1-12-6-13(14-7-20(26)31-9-18(14)38-2)15(8-30-12)22(36)34-24-33-17-10-35(11-19(17)40-24)23(37)16-4-3-5-21(32-16)39-25(27,28)29/h3-9H,10-11H2,1-2H3,(H,33,34,36). The summed E-state index contributed by atoms with van der Waals surface area (Å²) in [6.07, 6.45) is -2.02. The first-order valence-corrected chi connectivity index (χ1v) is 12.7. The van der Waals surface area contributed by atoms with E-state index in [1.807, 2.05) is 0 Å². The average molecular weight is 591 g/mol. The van der Waals surface area contributed by atoms with Gasteiger partial charge in [-0.15, -0.1) is 13.2 Å². The van der Waals surface area contributed by atoms with Gasteiger partial charge in [0.05, 0.1) is 42.5 Å². The predicted octanol–water partition coefficient (Wildman–Crippen LogP) is 5.27. The smallest absolute Gasteiger partial charge is 0.494 e. The molecule has 0 unspecified atom stereocenters. The van der Waals surface area contributed by atoms with Crippen molar-refractivity contribution < 1.29 is 32.2 Å². The SMILES string of the molecule is COc1cnc(Cl)cc1-c1cc(C)ncc1C(=O)Nc1nc2c(s1)CN(C(=O)c1cccc(OC(F)(F)F)n1)C2. The Kier molecular flexibility index (Phi) is 7.29. The van der Waals surface area contributed by atoms with Gasteiger partial charge in [0.1, 0.15) is 16.6 Å². The number of aromatic nitrogens is 4. The third kappa shape index (κ3) is 5.82. The number of alkyl halides is 3. The summed E-state index contributed by atoms with van der Waals surface area (Å²) in [5.74, 6) is -1.36. The number of aryl methyl sites for hydroxylation is 1. The minimum absolute atomic E-state index is 0.0939. The van der Waals surface area contributed by atoms with Gasteiger partial charge in [0.25, 0.3) is 11.8 Å². The van der Waals surface area contributed by atoms with Crippen LogP contribution in [0.3, 0.4) is 0 Å². The van der Waals surface area contributed by atoms with Crippen molar-refractivity contribution in [3.05, 3.63) is 75.4 Å². The number of nitrogens with one attached hydrogen (secondary N) is 1. The Labute approximate surface area is 233 Å². The molecule has 4 aromatic heterocycles. The van der Waals surface area contributed by atoms with Gasteiger partial charge in [-0.1, -0.05) is 29.0 Å². The first-order chi connectivity index (χ1) is 19.0. The predicted molar refractivity (Wildman–Crippen MR) is 138 cm³/mol. The van der Waals surface area contributed by atoms with Gasteiger partial charge in [0, 0.05) is 29.1 Å². The number of hydrogen-bond acceptors (Lipinski definition) is 9. The van der Waals surface area contributed by atoms with E-state index < -0.39 is 24.1 Å². The zero-order chi connectivity index (χ0) is 28.6. The van der Waals surface area contributed by atoms with Crippen molar-refractivity contribution in [2.75, 3.05) is 12.4 Å². The molecule has 0 fully saturated rings. The summed E-state index contributed by atoms with van der Waals surface area (Å²) in [6, 6.07) is 6.89. The van der Waals surface area contributed by atoms with E-state index in [0.717, 1.165) is 10.9 Å². The normalized spacial score (nSPS) is 12.7. The van der Waals surface area contributed by atoms with Gasteiger partial charge in [-0.3, -0.25) is 19.9 Å². The van der Waals surface area contributed by atoms with Gasteiger partial charge in [-0.25, -0.2) is 15.0 Å². The molecule has 0 radical (unpaired) electrons. The molecule has 1 aliphatic rings. The summed E-state index contributed by atoms with van der Waals surface area (Å²) in [7, 11) is 1.48. The Morgan fingerprint density at radius 1 is 1.10 bits per heavy atom. The number of fused-ring (bicyclic) bond motifs is 1. The van der Waals surface area contributed by atoms with Crippen LogP contribution in [0, 0.1) is 6.92 Å². The van der Waals surface area contributed by atoms with Crippen LogP contribution in [0.5, 0.6) is 11.6 Å². The largest absolute Gasteiger partial charge is 0.574 e. The lowest BCUT2D eigenvalue weighted by Gasteiger charge is -2.16. The Balaban J connectivity index is 1.32. The Hall–Kier alpha value is -4.30. The van der Waals surface area contributed by atoms with Crippen molar-refractivity contribution in [3.63, 3.8) is 0 Å². The molecule has 40 heavy (non-hydrogen) atoms. The van der Waals surface area contributed by atoms with Crippen LogP contribution in [0.1, 0.15) is 37.1 Å². The molecule has 0 saturated heterocycles. The van der Waals surface area contributed by atoms with Crippen molar-refractivity contribution in [2.24, 2.45) is 0 Å².